The van der Waals surface area contributed by atoms with Crippen molar-refractivity contribution >= 4 is 63.2 Å². The van der Waals surface area contributed by atoms with Crippen molar-refractivity contribution in [3.63, 3.8) is 0 Å². The fraction of sp³-hybridized carbons (Fsp3) is 0.375. The van der Waals surface area contributed by atoms with Gasteiger partial charge in [-0.15, -0.1) is 0 Å². The molecule has 4 rings (SSSR count). The molecule has 2 aromatic rings. The van der Waals surface area contributed by atoms with E-state index < -0.39 is 27.1 Å². The Kier molecular flexibility index (Phi) is 6.22. The van der Waals surface area contributed by atoms with Gasteiger partial charge >= 0.3 is 5.97 Å². The fourth-order valence-electron chi connectivity index (χ4n) is 5.24. The molecule has 34 heavy (non-hydrogen) atoms. The minimum absolute atomic E-state index is 0.0285. The third-order valence-corrected chi connectivity index (χ3v) is 8.93. The van der Waals surface area contributed by atoms with Gasteiger partial charge in [0.15, 0.2) is 0 Å². The molecule has 0 heterocycles. The van der Waals surface area contributed by atoms with Crippen molar-refractivity contribution < 1.29 is 19.3 Å². The minimum Gasteiger partial charge on any atom is -0.326 e. The molecule has 1 N–H and O–H groups in total. The number of oxime groups is 1. The summed E-state index contributed by atoms with van der Waals surface area (Å²) in [4.78, 5) is 41.7. The lowest BCUT2D eigenvalue weighted by atomic mass is 9.64. The first-order valence-electron chi connectivity index (χ1n) is 10.7. The lowest BCUT2D eigenvalue weighted by Gasteiger charge is -2.39. The lowest BCUT2D eigenvalue weighted by molar-refractivity contribution is -0.384. The zero-order chi connectivity index (χ0) is 24.9. The summed E-state index contributed by atoms with van der Waals surface area (Å²) >= 11 is 8.03. The van der Waals surface area contributed by atoms with Crippen molar-refractivity contribution in [1.82, 2.24) is 0 Å². The predicted octanol–water partition coefficient (Wildman–Crippen LogP) is 6.22. The molecule has 2 saturated carbocycles. The molecule has 2 atom stereocenters. The van der Waals surface area contributed by atoms with Gasteiger partial charge in [0.25, 0.3) is 5.69 Å². The number of nitro groups is 1. The maximum Gasteiger partial charge on any atom is 0.365 e. The second kappa shape index (κ2) is 8.60. The fourth-order valence-corrected chi connectivity index (χ4v) is 5.78. The van der Waals surface area contributed by atoms with Gasteiger partial charge in [-0.2, -0.15) is 0 Å². The van der Waals surface area contributed by atoms with Crippen LogP contribution in [0.15, 0.2) is 47.6 Å². The molecular weight excluding hydrogens is 573 g/mol. The summed E-state index contributed by atoms with van der Waals surface area (Å²) in [7, 11) is 0. The molecule has 2 bridgehead atoms. The number of hydrogen-bond donors (Lipinski definition) is 1. The number of hydrogen-bond acceptors (Lipinski definition) is 6. The topological polar surface area (TPSA) is 111 Å². The number of benzene rings is 2. The zero-order valence-electron chi connectivity index (χ0n) is 18.9. The summed E-state index contributed by atoms with van der Waals surface area (Å²) in [5, 5.41) is 18.3. The SMILES string of the molecule is CC12CCC(C(=O)Nc3ccc(I)cc3)(CC1=NOC(=O)c1ccc(Cl)c([N+](=O)[O-])c1)C2(C)C. The Balaban J connectivity index is 1.58. The summed E-state index contributed by atoms with van der Waals surface area (Å²) < 4.78 is 1.07. The molecule has 178 valence electrons. The molecule has 2 aliphatic carbocycles. The van der Waals surface area contributed by atoms with E-state index in [0.29, 0.717) is 18.6 Å². The van der Waals surface area contributed by atoms with Gasteiger partial charge in [0.05, 0.1) is 21.6 Å². The van der Waals surface area contributed by atoms with Gasteiger partial charge in [-0.1, -0.05) is 37.5 Å². The molecule has 10 heteroatoms. The van der Waals surface area contributed by atoms with Crippen LogP contribution in [0.5, 0.6) is 0 Å². The predicted molar refractivity (Wildman–Crippen MR) is 137 cm³/mol. The molecule has 0 saturated heterocycles. The number of nitrogens with one attached hydrogen (secondary N) is 1. The van der Waals surface area contributed by atoms with Crippen molar-refractivity contribution in [1.29, 1.82) is 0 Å². The van der Waals surface area contributed by atoms with E-state index in [0.717, 1.165) is 21.7 Å². The van der Waals surface area contributed by atoms with Crippen LogP contribution in [0.2, 0.25) is 5.02 Å². The van der Waals surface area contributed by atoms with Crippen LogP contribution in [-0.4, -0.2) is 22.5 Å². The van der Waals surface area contributed by atoms with Gasteiger partial charge in [-0.3, -0.25) is 14.9 Å². The normalized spacial score (nSPS) is 25.9. The van der Waals surface area contributed by atoms with Crippen LogP contribution in [0.1, 0.15) is 50.4 Å². The van der Waals surface area contributed by atoms with E-state index in [-0.39, 0.29) is 22.2 Å². The summed E-state index contributed by atoms with van der Waals surface area (Å²) in [5.41, 5.74) is -0.624. The first kappa shape index (κ1) is 24.6. The molecule has 1 amide bonds. The molecule has 2 aromatic carbocycles. The van der Waals surface area contributed by atoms with Crippen LogP contribution in [0.3, 0.4) is 0 Å². The Morgan fingerprint density at radius 2 is 1.82 bits per heavy atom. The van der Waals surface area contributed by atoms with Crippen LogP contribution in [-0.2, 0) is 9.63 Å². The molecular formula is C24H23ClIN3O5. The van der Waals surface area contributed by atoms with Crippen LogP contribution in [0.25, 0.3) is 0 Å². The van der Waals surface area contributed by atoms with E-state index in [1.54, 1.807) is 0 Å². The molecule has 8 nitrogen and oxygen atoms in total. The highest BCUT2D eigenvalue weighted by Crippen LogP contribution is 2.71. The summed E-state index contributed by atoms with van der Waals surface area (Å²) in [6.07, 6.45) is 1.78. The molecule has 0 aliphatic heterocycles. The highest BCUT2D eigenvalue weighted by molar-refractivity contribution is 14.1. The van der Waals surface area contributed by atoms with Crippen molar-refractivity contribution in [2.75, 3.05) is 5.32 Å². The van der Waals surface area contributed by atoms with Crippen LogP contribution in [0.4, 0.5) is 11.4 Å². The van der Waals surface area contributed by atoms with Gasteiger partial charge in [-0.25, -0.2) is 4.79 Å². The lowest BCUT2D eigenvalue weighted by Crippen LogP contribution is -2.43. The Morgan fingerprint density at radius 1 is 1.15 bits per heavy atom. The van der Waals surface area contributed by atoms with Crippen molar-refractivity contribution in [3.05, 3.63) is 66.7 Å². The molecule has 0 radical (unpaired) electrons. The maximum atomic E-state index is 13.5. The highest BCUT2D eigenvalue weighted by atomic mass is 127. The van der Waals surface area contributed by atoms with Crippen LogP contribution < -0.4 is 5.32 Å². The van der Waals surface area contributed by atoms with Gasteiger partial charge in [0.2, 0.25) is 5.91 Å². The second-order valence-corrected chi connectivity index (χ2v) is 11.2. The minimum atomic E-state index is -0.825. The monoisotopic (exact) mass is 595 g/mol. The first-order valence-corrected chi connectivity index (χ1v) is 12.2. The quantitative estimate of drug-likeness (QED) is 0.191. The number of nitrogens with zero attached hydrogens (tertiary/aromatic N) is 2. The zero-order valence-corrected chi connectivity index (χ0v) is 21.8. The molecule has 2 fully saturated rings. The Morgan fingerprint density at radius 3 is 2.47 bits per heavy atom. The van der Waals surface area contributed by atoms with Crippen molar-refractivity contribution in [2.24, 2.45) is 21.4 Å². The second-order valence-electron chi connectivity index (χ2n) is 9.52. The van der Waals surface area contributed by atoms with Gasteiger partial charge in [-0.05, 0) is 77.2 Å². The number of carbonyl (C=O) groups excluding carboxylic acids is 2. The van der Waals surface area contributed by atoms with E-state index in [4.69, 9.17) is 16.4 Å². The number of rotatable bonds is 5. The van der Waals surface area contributed by atoms with Crippen LogP contribution in [0, 0.1) is 29.9 Å². The number of nitro benzene ring substituents is 1. The Bertz CT molecular complexity index is 1230. The molecule has 0 aromatic heterocycles. The number of carbonyl (C=O) groups is 2. The summed E-state index contributed by atoms with van der Waals surface area (Å²) in [5.74, 6) is -0.902. The number of amides is 1. The van der Waals surface area contributed by atoms with E-state index >= 15 is 0 Å². The smallest absolute Gasteiger partial charge is 0.326 e. The summed E-state index contributed by atoms with van der Waals surface area (Å²) in [6.45, 7) is 6.15. The van der Waals surface area contributed by atoms with E-state index in [2.05, 4.69) is 46.9 Å². The standard InChI is InChI=1S/C24H23ClIN3O5/c1-22(2)23(3)10-11-24(22,21(31)27-16-7-5-15(26)6-8-16)13-19(23)28-34-20(30)14-4-9-17(25)18(12-14)29(32)33/h4-9,12H,10-11,13H2,1-3H3,(H,27,31). The average molecular weight is 596 g/mol. The van der Waals surface area contributed by atoms with Crippen LogP contribution >= 0.6 is 34.2 Å². The Labute approximate surface area is 215 Å². The van der Waals surface area contributed by atoms with Gasteiger partial charge < -0.3 is 10.2 Å². The van der Waals surface area contributed by atoms with E-state index in [1.165, 1.54) is 12.1 Å². The first-order chi connectivity index (χ1) is 15.9. The number of halogens is 2. The van der Waals surface area contributed by atoms with E-state index in [9.17, 15) is 19.7 Å². The average Bonchev–Trinajstić information content (AvgIpc) is 3.09. The highest BCUT2D eigenvalue weighted by Gasteiger charge is 2.71. The molecule has 2 unspecified atom stereocenters. The van der Waals surface area contributed by atoms with Crippen molar-refractivity contribution in [2.45, 2.75) is 40.0 Å². The third-order valence-electron chi connectivity index (χ3n) is 7.89. The van der Waals surface area contributed by atoms with Crippen molar-refractivity contribution in [3.8, 4) is 0 Å². The molecule has 0 spiro atoms. The number of fused-ring (bicyclic) bond motifs is 2. The third kappa shape index (κ3) is 3.78. The maximum absolute atomic E-state index is 13.5. The number of anilines is 1. The van der Waals surface area contributed by atoms with Gasteiger partial charge in [0, 0.05) is 27.2 Å². The van der Waals surface area contributed by atoms with Gasteiger partial charge in [0.1, 0.15) is 5.02 Å². The largest absolute Gasteiger partial charge is 0.365 e. The van der Waals surface area contributed by atoms with E-state index in [1.807, 2.05) is 31.2 Å². The summed E-state index contributed by atoms with van der Waals surface area (Å²) in [6, 6.07) is 11.3. The Hall–Kier alpha value is -2.53. The molecule has 2 aliphatic rings.